The first kappa shape index (κ1) is 32.6. The van der Waals surface area contributed by atoms with Crippen molar-refractivity contribution in [2.45, 2.75) is 5.41 Å². The van der Waals surface area contributed by atoms with E-state index in [1.54, 1.807) is 0 Å². The van der Waals surface area contributed by atoms with E-state index in [4.69, 9.17) is 4.74 Å². The Morgan fingerprint density at radius 1 is 0.431 bits per heavy atom. The highest BCUT2D eigenvalue weighted by atomic mass is 16.5. The van der Waals surface area contributed by atoms with Gasteiger partial charge in [-0.1, -0.05) is 164 Å². The third-order valence-electron chi connectivity index (χ3n) is 12.2. The molecule has 10 aromatic rings. The fourth-order valence-electron chi connectivity index (χ4n) is 9.89. The lowest BCUT2D eigenvalue weighted by atomic mass is 9.68. The number of rotatable bonds is 6. The van der Waals surface area contributed by atoms with Crippen molar-refractivity contribution in [1.29, 1.82) is 0 Å². The first-order valence-corrected chi connectivity index (χ1v) is 19.9. The number of hydrogen-bond donors (Lipinski definition) is 0. The average Bonchev–Trinajstić information content (AvgIpc) is 3.80. The van der Waals surface area contributed by atoms with E-state index < -0.39 is 5.41 Å². The number of benzene rings is 9. The van der Waals surface area contributed by atoms with E-state index in [1.807, 2.05) is 6.07 Å². The Morgan fingerprint density at radius 2 is 1.05 bits per heavy atom. The van der Waals surface area contributed by atoms with Crippen LogP contribution < -0.4 is 9.64 Å². The van der Waals surface area contributed by atoms with Crippen molar-refractivity contribution in [2.24, 2.45) is 0 Å². The molecule has 3 heteroatoms. The molecule has 272 valence electrons. The molecule has 1 aliphatic carbocycles. The van der Waals surface area contributed by atoms with E-state index in [1.165, 1.54) is 49.9 Å². The van der Waals surface area contributed by atoms with Gasteiger partial charge in [0.1, 0.15) is 0 Å². The molecule has 0 amide bonds. The highest BCUT2D eigenvalue weighted by Gasteiger charge is 2.47. The maximum atomic E-state index is 6.50. The molecule has 0 spiro atoms. The van der Waals surface area contributed by atoms with Crippen LogP contribution in [0.4, 0.5) is 17.1 Å². The summed E-state index contributed by atoms with van der Waals surface area (Å²) >= 11 is 0. The van der Waals surface area contributed by atoms with Crippen molar-refractivity contribution in [2.75, 3.05) is 4.90 Å². The van der Waals surface area contributed by atoms with E-state index in [9.17, 15) is 0 Å². The van der Waals surface area contributed by atoms with Gasteiger partial charge in [-0.3, -0.25) is 0 Å². The minimum absolute atomic E-state index is 0.515. The van der Waals surface area contributed by atoms with Gasteiger partial charge in [0.25, 0.3) is 0 Å². The van der Waals surface area contributed by atoms with E-state index >= 15 is 0 Å². The summed E-state index contributed by atoms with van der Waals surface area (Å²) in [5.41, 5.74) is 16.0. The molecule has 2 aliphatic rings. The Bertz CT molecular complexity index is 3160. The molecule has 58 heavy (non-hydrogen) atoms. The third-order valence-corrected chi connectivity index (χ3v) is 12.2. The van der Waals surface area contributed by atoms with Crippen LogP contribution in [0.3, 0.4) is 0 Å². The van der Waals surface area contributed by atoms with Crippen molar-refractivity contribution in [1.82, 2.24) is 4.57 Å². The Balaban J connectivity index is 1.16. The monoisotopic (exact) mass is 740 g/mol. The zero-order chi connectivity index (χ0) is 38.2. The van der Waals surface area contributed by atoms with Gasteiger partial charge in [0.05, 0.1) is 27.8 Å². The van der Waals surface area contributed by atoms with E-state index in [-0.39, 0.29) is 0 Å². The molecule has 0 radical (unpaired) electrons. The van der Waals surface area contributed by atoms with Crippen molar-refractivity contribution in [3.8, 4) is 39.4 Å². The summed E-state index contributed by atoms with van der Waals surface area (Å²) in [7, 11) is 0. The van der Waals surface area contributed by atoms with Crippen LogP contribution in [-0.2, 0) is 5.41 Å². The summed E-state index contributed by atoms with van der Waals surface area (Å²) in [4.78, 5) is 2.48. The normalized spacial score (nSPS) is 13.1. The van der Waals surface area contributed by atoms with Gasteiger partial charge in [-0.2, -0.15) is 0 Å². The first-order valence-electron chi connectivity index (χ1n) is 19.9. The predicted molar refractivity (Wildman–Crippen MR) is 238 cm³/mol. The minimum Gasteiger partial charge on any atom is -0.453 e. The smallest absolute Gasteiger partial charge is 0.152 e. The van der Waals surface area contributed by atoms with Crippen LogP contribution in [-0.4, -0.2) is 4.57 Å². The lowest BCUT2D eigenvalue weighted by Crippen LogP contribution is -2.28. The number of hydrogen-bond acceptors (Lipinski definition) is 2. The second kappa shape index (κ2) is 12.7. The number of ether oxygens (including phenoxy) is 1. The van der Waals surface area contributed by atoms with Gasteiger partial charge in [-0.25, -0.2) is 0 Å². The summed E-state index contributed by atoms with van der Waals surface area (Å²) in [5.74, 6) is 1.74. The lowest BCUT2D eigenvalue weighted by molar-refractivity contribution is 0.476. The van der Waals surface area contributed by atoms with Crippen LogP contribution >= 0.6 is 0 Å². The quantitative estimate of drug-likeness (QED) is 0.169. The van der Waals surface area contributed by atoms with Gasteiger partial charge in [-0.05, 0) is 93.5 Å². The summed E-state index contributed by atoms with van der Waals surface area (Å²) in [6.07, 6.45) is 0. The molecule has 3 nitrogen and oxygen atoms in total. The molecule has 1 aromatic heterocycles. The minimum atomic E-state index is -0.515. The van der Waals surface area contributed by atoms with E-state index in [0.717, 1.165) is 50.7 Å². The second-order valence-corrected chi connectivity index (χ2v) is 15.2. The molecule has 0 N–H and O–H groups in total. The largest absolute Gasteiger partial charge is 0.453 e. The summed E-state index contributed by atoms with van der Waals surface area (Å²) in [5, 5.41) is 2.34. The van der Waals surface area contributed by atoms with Crippen LogP contribution in [0.2, 0.25) is 0 Å². The van der Waals surface area contributed by atoms with Gasteiger partial charge in [-0.15, -0.1) is 0 Å². The first-order chi connectivity index (χ1) is 28.8. The van der Waals surface area contributed by atoms with Crippen LogP contribution in [0, 0.1) is 0 Å². The predicted octanol–water partition coefficient (Wildman–Crippen LogP) is 14.4. The van der Waals surface area contributed by atoms with Crippen molar-refractivity contribution < 1.29 is 4.74 Å². The van der Waals surface area contributed by atoms with Crippen LogP contribution in [0.5, 0.6) is 11.5 Å². The van der Waals surface area contributed by atoms with Gasteiger partial charge >= 0.3 is 0 Å². The second-order valence-electron chi connectivity index (χ2n) is 15.2. The third kappa shape index (κ3) is 4.62. The van der Waals surface area contributed by atoms with E-state index in [2.05, 4.69) is 222 Å². The average molecular weight is 741 g/mol. The molecule has 2 heterocycles. The zero-order valence-corrected chi connectivity index (χ0v) is 31.6. The maximum Gasteiger partial charge on any atom is 0.152 e. The highest BCUT2D eigenvalue weighted by molar-refractivity contribution is 6.13. The zero-order valence-electron chi connectivity index (χ0n) is 31.6. The van der Waals surface area contributed by atoms with Gasteiger partial charge in [0.15, 0.2) is 11.5 Å². The molecule has 0 atom stereocenters. The fourth-order valence-corrected chi connectivity index (χ4v) is 9.89. The van der Waals surface area contributed by atoms with Crippen molar-refractivity contribution in [3.05, 3.63) is 241 Å². The molecule has 0 saturated heterocycles. The standard InChI is InChI=1S/C55H36N2O/c1-4-17-37(18-5-1)38-19-14-24-41(35-38)56(42-33-34-48-45(36-42)43-26-15-32-52-54(43)57(48)49-29-12-13-31-51(49)58-52)50-30-16-28-47-53(50)44-25-10-11-27-46(44)55(47,39-20-6-2-7-21-39)40-22-8-3-9-23-40/h1-36H. The number of anilines is 3. The molecular formula is C55H36N2O. The Kier molecular flexibility index (Phi) is 7.14. The Hall–Kier alpha value is -7.62. The fraction of sp³-hybridized carbons (Fsp3) is 0.0182. The van der Waals surface area contributed by atoms with Crippen LogP contribution in [0.1, 0.15) is 22.3 Å². The van der Waals surface area contributed by atoms with E-state index in [0.29, 0.717) is 0 Å². The number of aromatic nitrogens is 1. The van der Waals surface area contributed by atoms with Crippen molar-refractivity contribution in [3.63, 3.8) is 0 Å². The van der Waals surface area contributed by atoms with Crippen LogP contribution in [0.25, 0.3) is 49.7 Å². The molecule has 0 unspecified atom stereocenters. The summed E-state index contributed by atoms with van der Waals surface area (Å²) < 4.78 is 8.86. The lowest BCUT2D eigenvalue weighted by Gasteiger charge is -2.34. The molecule has 12 rings (SSSR count). The number of fused-ring (bicyclic) bond motifs is 8. The molecule has 1 aliphatic heterocycles. The Morgan fingerprint density at radius 3 is 1.86 bits per heavy atom. The molecule has 0 saturated carbocycles. The topological polar surface area (TPSA) is 17.4 Å². The summed E-state index contributed by atoms with van der Waals surface area (Å²) in [6, 6.07) is 79.4. The highest BCUT2D eigenvalue weighted by Crippen LogP contribution is 2.59. The molecule has 0 bridgehead atoms. The van der Waals surface area contributed by atoms with Gasteiger partial charge in [0.2, 0.25) is 0 Å². The van der Waals surface area contributed by atoms with Gasteiger partial charge < -0.3 is 14.2 Å². The Labute approximate surface area is 337 Å². The number of nitrogens with zero attached hydrogens (tertiary/aromatic N) is 2. The SMILES string of the molecule is c1ccc(-c2cccc(N(c3ccc4c(c3)c3cccc5c3n4-c3ccccc3O5)c3cccc4c3-c3ccccc3C4(c3ccccc3)c3ccccc3)c2)cc1. The molecular weight excluding hydrogens is 705 g/mol. The maximum absolute atomic E-state index is 6.50. The summed E-state index contributed by atoms with van der Waals surface area (Å²) in [6.45, 7) is 0. The molecule has 9 aromatic carbocycles. The number of para-hydroxylation sites is 3. The van der Waals surface area contributed by atoms with Crippen molar-refractivity contribution >= 4 is 38.9 Å². The molecule has 0 fully saturated rings. The van der Waals surface area contributed by atoms with Crippen LogP contribution in [0.15, 0.2) is 218 Å². The van der Waals surface area contributed by atoms with Gasteiger partial charge in [0, 0.05) is 27.7 Å².